The van der Waals surface area contributed by atoms with E-state index in [1.807, 2.05) is 24.3 Å². The summed E-state index contributed by atoms with van der Waals surface area (Å²) in [5, 5.41) is 0.694. The van der Waals surface area contributed by atoms with Crippen LogP contribution in [0.25, 0.3) is 10.2 Å². The third kappa shape index (κ3) is 4.21. The second-order valence-corrected chi connectivity index (χ2v) is 8.22. The topological polar surface area (TPSA) is 25.4 Å². The molecule has 0 radical (unpaired) electrons. The molecule has 1 unspecified atom stereocenters. The molecular weight excluding hydrogens is 385 g/mol. The molecule has 0 saturated carbocycles. The highest BCUT2D eigenvalue weighted by Gasteiger charge is 2.32. The SMILES string of the molecule is CN1CCC(OC(c2cccc(C(F)(F)F)c2)c2nc3ccccc3s2)CC1. The van der Waals surface area contributed by atoms with Gasteiger partial charge in [-0.25, -0.2) is 4.98 Å². The molecule has 1 aliphatic heterocycles. The summed E-state index contributed by atoms with van der Waals surface area (Å²) in [6.07, 6.45) is -3.27. The minimum atomic E-state index is -4.39. The largest absolute Gasteiger partial charge is 0.416 e. The standard InChI is InChI=1S/C21H21F3N2OS/c1-26-11-9-16(10-12-26)27-19(14-5-4-6-15(13-14)21(22,23)24)20-25-17-7-2-3-8-18(17)28-20/h2-8,13,16,19H,9-12H2,1H3. The number of ether oxygens (including phenoxy) is 1. The molecule has 1 aliphatic rings. The smallest absolute Gasteiger partial charge is 0.363 e. The van der Waals surface area contributed by atoms with Crippen molar-refractivity contribution in [2.75, 3.05) is 20.1 Å². The summed E-state index contributed by atoms with van der Waals surface area (Å²) in [5.41, 5.74) is 0.669. The van der Waals surface area contributed by atoms with Gasteiger partial charge in [0.05, 0.1) is 21.9 Å². The van der Waals surface area contributed by atoms with E-state index in [0.29, 0.717) is 10.6 Å². The molecule has 0 bridgehead atoms. The average molecular weight is 406 g/mol. The normalized spacial score (nSPS) is 17.9. The molecular formula is C21H21F3N2OS. The zero-order valence-electron chi connectivity index (χ0n) is 15.4. The molecule has 7 heteroatoms. The summed E-state index contributed by atoms with van der Waals surface area (Å²) in [5.74, 6) is 0. The van der Waals surface area contributed by atoms with Crippen LogP contribution in [0.3, 0.4) is 0 Å². The van der Waals surface area contributed by atoms with Gasteiger partial charge in [0.1, 0.15) is 11.1 Å². The molecule has 1 atom stereocenters. The second kappa shape index (κ2) is 7.81. The van der Waals surface area contributed by atoms with Gasteiger partial charge in [0.25, 0.3) is 0 Å². The van der Waals surface area contributed by atoms with E-state index in [-0.39, 0.29) is 6.10 Å². The van der Waals surface area contributed by atoms with Crippen LogP contribution in [0, 0.1) is 0 Å². The number of hydrogen-bond acceptors (Lipinski definition) is 4. The number of aromatic nitrogens is 1. The number of thiazole rings is 1. The molecule has 2 heterocycles. The molecule has 0 N–H and O–H groups in total. The molecule has 3 nitrogen and oxygen atoms in total. The quantitative estimate of drug-likeness (QED) is 0.571. The number of benzene rings is 2. The maximum Gasteiger partial charge on any atom is 0.416 e. The van der Waals surface area contributed by atoms with E-state index < -0.39 is 17.8 Å². The van der Waals surface area contributed by atoms with Gasteiger partial charge in [-0.3, -0.25) is 0 Å². The summed E-state index contributed by atoms with van der Waals surface area (Å²) >= 11 is 1.47. The Hall–Kier alpha value is -1.96. The first kappa shape index (κ1) is 19.4. The first-order valence-electron chi connectivity index (χ1n) is 9.27. The lowest BCUT2D eigenvalue weighted by atomic mass is 10.0. The van der Waals surface area contributed by atoms with Crippen molar-refractivity contribution in [3.05, 3.63) is 64.7 Å². The fraction of sp³-hybridized carbons (Fsp3) is 0.381. The lowest BCUT2D eigenvalue weighted by Gasteiger charge is -2.31. The number of rotatable bonds is 4. The zero-order valence-corrected chi connectivity index (χ0v) is 16.3. The van der Waals surface area contributed by atoms with Crippen LogP contribution in [0.1, 0.15) is 35.1 Å². The third-order valence-electron chi connectivity index (χ3n) is 5.05. The van der Waals surface area contributed by atoms with E-state index in [1.54, 1.807) is 6.07 Å². The second-order valence-electron chi connectivity index (χ2n) is 7.16. The highest BCUT2D eigenvalue weighted by Crippen LogP contribution is 2.37. The van der Waals surface area contributed by atoms with Crippen molar-refractivity contribution in [2.45, 2.75) is 31.2 Å². The van der Waals surface area contributed by atoms with Crippen LogP contribution in [-0.4, -0.2) is 36.1 Å². The molecule has 1 fully saturated rings. The number of para-hydroxylation sites is 1. The summed E-state index contributed by atoms with van der Waals surface area (Å²) in [6.45, 7) is 1.83. The molecule has 0 aliphatic carbocycles. The van der Waals surface area contributed by atoms with Crippen LogP contribution in [0.2, 0.25) is 0 Å². The minimum absolute atomic E-state index is 0.00255. The number of likely N-dealkylation sites (tertiary alicyclic amines) is 1. The Morgan fingerprint density at radius 1 is 1.11 bits per heavy atom. The maximum atomic E-state index is 13.2. The Morgan fingerprint density at radius 2 is 1.86 bits per heavy atom. The summed E-state index contributed by atoms with van der Waals surface area (Å²) in [4.78, 5) is 6.90. The maximum absolute atomic E-state index is 13.2. The molecule has 0 amide bonds. The molecule has 3 aromatic rings. The number of nitrogens with zero attached hydrogens (tertiary/aromatic N) is 2. The predicted molar refractivity (Wildman–Crippen MR) is 105 cm³/mol. The summed E-state index contributed by atoms with van der Waals surface area (Å²) < 4.78 is 47.1. The van der Waals surface area contributed by atoms with E-state index in [0.717, 1.165) is 42.2 Å². The van der Waals surface area contributed by atoms with Crippen molar-refractivity contribution in [2.24, 2.45) is 0 Å². The summed E-state index contributed by atoms with van der Waals surface area (Å²) in [6, 6.07) is 13.1. The monoisotopic (exact) mass is 406 g/mol. The van der Waals surface area contributed by atoms with Crippen LogP contribution in [0.5, 0.6) is 0 Å². The van der Waals surface area contributed by atoms with Gasteiger partial charge in [0, 0.05) is 13.1 Å². The Kier molecular flexibility index (Phi) is 5.40. The minimum Gasteiger partial charge on any atom is -0.363 e. The van der Waals surface area contributed by atoms with Crippen LogP contribution >= 0.6 is 11.3 Å². The van der Waals surface area contributed by atoms with Crippen molar-refractivity contribution in [1.82, 2.24) is 9.88 Å². The van der Waals surface area contributed by atoms with Gasteiger partial charge in [0.2, 0.25) is 0 Å². The van der Waals surface area contributed by atoms with Gasteiger partial charge in [-0.05, 0) is 49.7 Å². The van der Waals surface area contributed by atoms with Crippen LogP contribution in [0.15, 0.2) is 48.5 Å². The number of hydrogen-bond donors (Lipinski definition) is 0. The highest BCUT2D eigenvalue weighted by molar-refractivity contribution is 7.18. The Labute approximate surface area is 165 Å². The molecule has 148 valence electrons. The van der Waals surface area contributed by atoms with Crippen LogP contribution in [-0.2, 0) is 10.9 Å². The predicted octanol–water partition coefficient (Wildman–Crippen LogP) is 5.52. The highest BCUT2D eigenvalue weighted by atomic mass is 32.1. The molecule has 0 spiro atoms. The lowest BCUT2D eigenvalue weighted by Crippen LogP contribution is -2.35. The van der Waals surface area contributed by atoms with Gasteiger partial charge in [0.15, 0.2) is 0 Å². The van der Waals surface area contributed by atoms with Crippen molar-refractivity contribution >= 4 is 21.6 Å². The Balaban J connectivity index is 1.71. The van der Waals surface area contributed by atoms with Crippen molar-refractivity contribution in [3.63, 3.8) is 0 Å². The molecule has 28 heavy (non-hydrogen) atoms. The van der Waals surface area contributed by atoms with Gasteiger partial charge in [-0.2, -0.15) is 13.2 Å². The lowest BCUT2D eigenvalue weighted by molar-refractivity contribution is -0.137. The van der Waals surface area contributed by atoms with Crippen molar-refractivity contribution in [1.29, 1.82) is 0 Å². The van der Waals surface area contributed by atoms with Gasteiger partial charge < -0.3 is 9.64 Å². The third-order valence-corrected chi connectivity index (χ3v) is 6.13. The molecule has 2 aromatic carbocycles. The van der Waals surface area contributed by atoms with E-state index in [1.165, 1.54) is 23.5 Å². The fourth-order valence-electron chi connectivity index (χ4n) is 3.47. The van der Waals surface area contributed by atoms with Crippen molar-refractivity contribution in [3.8, 4) is 0 Å². The number of piperidine rings is 1. The number of fused-ring (bicyclic) bond motifs is 1. The molecule has 1 aromatic heterocycles. The van der Waals surface area contributed by atoms with E-state index >= 15 is 0 Å². The fourth-order valence-corrected chi connectivity index (χ4v) is 4.51. The Bertz CT molecular complexity index is 915. The van der Waals surface area contributed by atoms with Gasteiger partial charge in [-0.15, -0.1) is 11.3 Å². The van der Waals surface area contributed by atoms with Crippen molar-refractivity contribution < 1.29 is 17.9 Å². The first-order chi connectivity index (χ1) is 13.4. The van der Waals surface area contributed by atoms with Gasteiger partial charge >= 0.3 is 6.18 Å². The van der Waals surface area contributed by atoms with E-state index in [4.69, 9.17) is 4.74 Å². The van der Waals surface area contributed by atoms with Gasteiger partial charge in [-0.1, -0.05) is 24.3 Å². The first-order valence-corrected chi connectivity index (χ1v) is 10.1. The summed E-state index contributed by atoms with van der Waals surface area (Å²) in [7, 11) is 2.06. The van der Waals surface area contributed by atoms with E-state index in [2.05, 4.69) is 16.9 Å². The Morgan fingerprint density at radius 3 is 2.57 bits per heavy atom. The zero-order chi connectivity index (χ0) is 19.7. The van der Waals surface area contributed by atoms with Crippen LogP contribution in [0.4, 0.5) is 13.2 Å². The average Bonchev–Trinajstić information content (AvgIpc) is 3.11. The molecule has 1 saturated heterocycles. The number of alkyl halides is 3. The number of halogens is 3. The molecule has 4 rings (SSSR count). The van der Waals surface area contributed by atoms with E-state index in [9.17, 15) is 13.2 Å². The van der Waals surface area contributed by atoms with Crippen LogP contribution < -0.4 is 0 Å².